The molecule has 24 nitrogen and oxygen atoms in total. The molecule has 0 amide bonds. The van der Waals surface area contributed by atoms with Crippen LogP contribution in [0, 0.1) is 5.92 Å². The maximum Gasteiger partial charge on any atom is 1.00 e. The zero-order valence-corrected chi connectivity index (χ0v) is 35.5. The monoisotopic (exact) mass is 828 g/mol. The third kappa shape index (κ3) is 11.0. The van der Waals surface area contributed by atoms with E-state index in [0.29, 0.717) is 6.42 Å². The van der Waals surface area contributed by atoms with Gasteiger partial charge in [-0.2, -0.15) is 4.98 Å². The molecule has 2 fully saturated rings. The van der Waals surface area contributed by atoms with Gasteiger partial charge in [0.1, 0.15) is 54.5 Å². The van der Waals surface area contributed by atoms with Crippen molar-refractivity contribution in [3.8, 4) is 0 Å². The number of aliphatic hydroxyl groups is 6. The molecule has 3 aromatic rings. The molecule has 13 atom stereocenters. The van der Waals surface area contributed by atoms with Gasteiger partial charge in [-0.05, 0) is 12.3 Å². The third-order valence-corrected chi connectivity index (χ3v) is 11.2. The van der Waals surface area contributed by atoms with Crippen molar-refractivity contribution in [3.63, 3.8) is 0 Å². The van der Waals surface area contributed by atoms with E-state index in [2.05, 4.69) is 38.6 Å². The molecular weight excluding hydrogens is 788 g/mol. The van der Waals surface area contributed by atoms with E-state index in [-0.39, 0.29) is 94.4 Å². The number of phosphoric ester groups is 2. The summed E-state index contributed by atoms with van der Waals surface area (Å²) in [6.07, 6.45) is -11.8. The van der Waals surface area contributed by atoms with Crippen molar-refractivity contribution >= 4 is 32.8 Å². The minimum absolute atomic E-state index is 0. The first-order valence-electron chi connectivity index (χ1n) is 16.1. The van der Waals surface area contributed by atoms with Crippen LogP contribution in [0.2, 0.25) is 0 Å². The summed E-state index contributed by atoms with van der Waals surface area (Å²) in [6.45, 7) is 2.46. The number of nitrogens with two attached hydrogens (primary N) is 1. The Kier molecular flexibility index (Phi) is 17.4. The number of ether oxygens (including phenoxy) is 2. The van der Waals surface area contributed by atoms with Crippen LogP contribution in [-0.4, -0.2) is 121 Å². The van der Waals surface area contributed by atoms with E-state index in [1.54, 1.807) is 0 Å². The number of hydrogen-bond acceptors (Lipinski definition) is 21. The van der Waals surface area contributed by atoms with Gasteiger partial charge in [0.05, 0.1) is 25.7 Å². The maximum atomic E-state index is 12.6. The van der Waals surface area contributed by atoms with E-state index in [9.17, 15) is 54.4 Å². The van der Waals surface area contributed by atoms with Crippen LogP contribution >= 0.6 is 15.6 Å². The molecular formula is C26H40N8Na2O16P2. The molecule has 5 heterocycles. The van der Waals surface area contributed by atoms with Crippen LogP contribution in [0.15, 0.2) is 17.3 Å². The molecule has 0 saturated carbocycles. The molecule has 5 rings (SSSR count). The van der Waals surface area contributed by atoms with Gasteiger partial charge >= 0.3 is 59.1 Å². The molecule has 292 valence electrons. The van der Waals surface area contributed by atoms with Gasteiger partial charge in [0, 0.05) is 0 Å². The molecule has 2 aliphatic heterocycles. The van der Waals surface area contributed by atoms with Gasteiger partial charge < -0.3 is 60.2 Å². The average Bonchev–Trinajstić information content (AvgIpc) is 3.79. The number of nitrogens with zero attached hydrogens (tertiary/aromatic N) is 6. The Morgan fingerprint density at radius 3 is 2.37 bits per heavy atom. The predicted octanol–water partition coefficient (Wildman–Crippen LogP) is -9.34. The van der Waals surface area contributed by atoms with Gasteiger partial charge in [0.2, 0.25) is 5.95 Å². The second-order valence-corrected chi connectivity index (χ2v) is 15.2. The van der Waals surface area contributed by atoms with E-state index in [0.717, 1.165) is 34.8 Å². The van der Waals surface area contributed by atoms with E-state index < -0.39 is 89.2 Å². The zero-order valence-electron chi connectivity index (χ0n) is 29.7. The molecule has 0 spiro atoms. The van der Waals surface area contributed by atoms with E-state index in [1.165, 1.54) is 6.20 Å². The van der Waals surface area contributed by atoms with Crippen LogP contribution in [0.5, 0.6) is 0 Å². The van der Waals surface area contributed by atoms with Crippen molar-refractivity contribution in [2.75, 3.05) is 12.3 Å². The molecule has 54 heavy (non-hydrogen) atoms. The van der Waals surface area contributed by atoms with Crippen molar-refractivity contribution in [2.45, 2.75) is 107 Å². The number of nitrogen functional groups attached to an aromatic ring is 1. The van der Waals surface area contributed by atoms with Crippen LogP contribution in [0.25, 0.3) is 11.2 Å². The Morgan fingerprint density at radius 2 is 1.70 bits per heavy atom. The van der Waals surface area contributed by atoms with Gasteiger partial charge in [-0.1, -0.05) is 38.3 Å². The summed E-state index contributed by atoms with van der Waals surface area (Å²) in [4.78, 5) is 47.2. The van der Waals surface area contributed by atoms with Gasteiger partial charge in [-0.15, -0.1) is 5.10 Å². The largest absolute Gasteiger partial charge is 1.00 e. The van der Waals surface area contributed by atoms with Crippen molar-refractivity contribution in [3.05, 3.63) is 28.6 Å². The van der Waals surface area contributed by atoms with Gasteiger partial charge in [-0.25, -0.2) is 14.0 Å². The smallest absolute Gasteiger partial charge is 0.756 e. The van der Waals surface area contributed by atoms with Crippen LogP contribution in [0.3, 0.4) is 0 Å². The Labute approximate surface area is 350 Å². The summed E-state index contributed by atoms with van der Waals surface area (Å²) in [7, 11) is -11.9. The first kappa shape index (κ1) is 47.6. The zero-order chi connectivity index (χ0) is 38.1. The molecule has 0 aliphatic carbocycles. The normalized spacial score (nSPS) is 30.5. The van der Waals surface area contributed by atoms with E-state index >= 15 is 0 Å². The SMILES string of the molecule is CCCCC(CC)C(O)c1cn(C[C@@H]2O[C@H](OP(=O)([O-])OP(=O)([O-])OC[C@H]3O[C@@H](n4cnc5c(=O)[nH]c(N)nc54)[C@H](O)[C@@H]3O)[C@@H](O)[C@H](O)[C@@H]2O)nn1.[Na+].[Na+]. The summed E-state index contributed by atoms with van der Waals surface area (Å²) in [5.41, 5.74) is 4.75. The Hall–Kier alpha value is -0.770. The van der Waals surface area contributed by atoms with Crippen molar-refractivity contribution in [1.29, 1.82) is 0 Å². The number of hydrogen-bond donors (Lipinski definition) is 8. The molecule has 0 aromatic carbocycles. The number of unbranched alkanes of at least 4 members (excludes halogenated alkanes) is 1. The molecule has 28 heteroatoms. The van der Waals surface area contributed by atoms with Crippen LogP contribution < -0.4 is 80.2 Å². The predicted molar refractivity (Wildman–Crippen MR) is 167 cm³/mol. The Balaban J connectivity index is 0.00000392. The molecule has 4 unspecified atom stereocenters. The maximum absolute atomic E-state index is 12.6. The number of aromatic amines is 1. The van der Waals surface area contributed by atoms with Crippen LogP contribution in [0.4, 0.5) is 5.95 Å². The Bertz CT molecular complexity index is 1840. The summed E-state index contributed by atoms with van der Waals surface area (Å²) < 4.78 is 51.4. The van der Waals surface area contributed by atoms with E-state index in [4.69, 9.17) is 15.2 Å². The summed E-state index contributed by atoms with van der Waals surface area (Å²) in [5.74, 6) is -0.395. The number of aromatic nitrogens is 7. The number of fused-ring (bicyclic) bond motifs is 1. The quantitative estimate of drug-likeness (QED) is 0.0491. The van der Waals surface area contributed by atoms with Crippen molar-refractivity contribution in [2.24, 2.45) is 5.92 Å². The van der Waals surface area contributed by atoms with Gasteiger partial charge in [0.25, 0.3) is 21.2 Å². The minimum Gasteiger partial charge on any atom is -0.756 e. The second-order valence-electron chi connectivity index (χ2n) is 12.3. The minimum atomic E-state index is -6.00. The first-order valence-corrected chi connectivity index (χ1v) is 19.0. The summed E-state index contributed by atoms with van der Waals surface area (Å²) in [5, 5.41) is 70.9. The number of H-pyrrole nitrogens is 1. The number of anilines is 1. The fourth-order valence-electron chi connectivity index (χ4n) is 5.85. The third-order valence-electron chi connectivity index (χ3n) is 8.69. The topological polar surface area (TPSA) is 368 Å². The summed E-state index contributed by atoms with van der Waals surface area (Å²) in [6, 6.07) is 0. The molecule has 9 N–H and O–H groups in total. The van der Waals surface area contributed by atoms with Crippen molar-refractivity contribution < 1.29 is 132 Å². The average molecular weight is 829 g/mol. The number of phosphoric acid groups is 2. The molecule has 2 saturated heterocycles. The fourth-order valence-corrected chi connectivity index (χ4v) is 7.93. The molecule has 0 bridgehead atoms. The van der Waals surface area contributed by atoms with Crippen LogP contribution in [0.1, 0.15) is 57.6 Å². The molecule has 3 aromatic heterocycles. The second kappa shape index (κ2) is 19.8. The van der Waals surface area contributed by atoms with Crippen LogP contribution in [-0.2, 0) is 38.5 Å². The standard InChI is InChI=1S/C26H42N8O16P2.2Na/c1-3-5-6-11(4-2)16(35)12-7-33(32-31-12)8-13-17(36)19(38)21(40)25(48-13)49-52(44,45)50-51(42,43)46-9-14-18(37)20(39)24(47-14)34-10-28-15-22(34)29-26(27)30-23(15)41;;/h7,10-11,13-14,16-21,24-25,35-40H,3-6,8-9H2,1-2H3,(H,42,43)(H,44,45)(H3,27,29,30,41);;/q;2*+1/p-2/t11?,13-,14+,16?,17+,18+,19+,20+,21-,24+,25+;;/m0../s1. The van der Waals surface area contributed by atoms with Crippen molar-refractivity contribution in [1.82, 2.24) is 34.5 Å². The van der Waals surface area contributed by atoms with E-state index in [1.807, 2.05) is 13.8 Å². The van der Waals surface area contributed by atoms with Gasteiger partial charge in [0.15, 0.2) is 23.7 Å². The number of nitrogens with one attached hydrogen (secondary N) is 1. The fraction of sp³-hybridized carbons (Fsp3) is 0.731. The summed E-state index contributed by atoms with van der Waals surface area (Å²) >= 11 is 0. The Morgan fingerprint density at radius 1 is 1.02 bits per heavy atom. The number of aliphatic hydroxyl groups excluding tert-OH is 6. The molecule has 2 aliphatic rings. The molecule has 0 radical (unpaired) electrons. The van der Waals surface area contributed by atoms with Gasteiger partial charge in [-0.3, -0.25) is 28.0 Å². The number of imidazole rings is 1. The first-order chi connectivity index (χ1) is 24.4. The number of rotatable bonds is 16.